The summed E-state index contributed by atoms with van der Waals surface area (Å²) in [6.07, 6.45) is 3.43. The molecule has 0 aliphatic heterocycles. The first-order chi connectivity index (χ1) is 11.5. The van der Waals surface area contributed by atoms with Crippen LogP contribution in [-0.2, 0) is 4.79 Å². The Morgan fingerprint density at radius 3 is 2.58 bits per heavy atom. The second kappa shape index (κ2) is 8.57. The highest BCUT2D eigenvalue weighted by atomic mass is 16.5. The average Bonchev–Trinajstić information content (AvgIpc) is 3.37. The van der Waals surface area contributed by atoms with Gasteiger partial charge < -0.3 is 19.9 Å². The Labute approximate surface area is 142 Å². The lowest BCUT2D eigenvalue weighted by Crippen LogP contribution is -2.41. The number of amides is 1. The summed E-state index contributed by atoms with van der Waals surface area (Å²) < 4.78 is 11.1. The van der Waals surface area contributed by atoms with Crippen molar-refractivity contribution in [1.29, 1.82) is 0 Å². The number of carboxylic acids is 1. The standard InChI is InChI=1S/C18H25NO5/c1-3-9-24-15-8-7-13(11-16(15)23-4-2)17(20)19-14(18(21)22)10-12-5-6-12/h7-8,11-12,14H,3-6,9-10H2,1-2H3,(H,19,20)(H,21,22). The first kappa shape index (κ1) is 18.1. The monoisotopic (exact) mass is 335 g/mol. The lowest BCUT2D eigenvalue weighted by molar-refractivity contribution is -0.139. The van der Waals surface area contributed by atoms with Crippen LogP contribution >= 0.6 is 0 Å². The Morgan fingerprint density at radius 1 is 1.25 bits per heavy atom. The molecule has 1 saturated carbocycles. The zero-order valence-electron chi connectivity index (χ0n) is 14.2. The second-order valence-corrected chi connectivity index (χ2v) is 5.99. The molecule has 132 valence electrons. The predicted octanol–water partition coefficient (Wildman–Crippen LogP) is 2.86. The molecule has 1 aromatic carbocycles. The Bertz CT molecular complexity index is 583. The molecule has 6 heteroatoms. The predicted molar refractivity (Wildman–Crippen MR) is 89.6 cm³/mol. The van der Waals surface area contributed by atoms with Crippen molar-refractivity contribution in [1.82, 2.24) is 5.32 Å². The molecule has 0 radical (unpaired) electrons. The van der Waals surface area contributed by atoms with Crippen molar-refractivity contribution >= 4 is 11.9 Å². The van der Waals surface area contributed by atoms with E-state index in [1.54, 1.807) is 18.2 Å². The molecule has 0 heterocycles. The van der Waals surface area contributed by atoms with E-state index in [1.807, 2.05) is 13.8 Å². The fraction of sp³-hybridized carbons (Fsp3) is 0.556. The van der Waals surface area contributed by atoms with Crippen LogP contribution in [0.25, 0.3) is 0 Å². The molecular weight excluding hydrogens is 310 g/mol. The van der Waals surface area contributed by atoms with Crippen molar-refractivity contribution < 1.29 is 24.2 Å². The molecule has 0 bridgehead atoms. The van der Waals surface area contributed by atoms with Crippen LogP contribution in [-0.4, -0.2) is 36.2 Å². The van der Waals surface area contributed by atoms with E-state index < -0.39 is 17.9 Å². The highest BCUT2D eigenvalue weighted by Crippen LogP contribution is 2.34. The number of nitrogens with one attached hydrogen (secondary N) is 1. The van der Waals surface area contributed by atoms with Crippen LogP contribution < -0.4 is 14.8 Å². The summed E-state index contributed by atoms with van der Waals surface area (Å²) in [5.74, 6) is 0.0834. The van der Waals surface area contributed by atoms with E-state index >= 15 is 0 Å². The normalized spacial score (nSPS) is 14.8. The number of hydrogen-bond acceptors (Lipinski definition) is 4. The number of carboxylic acid groups (broad SMARTS) is 1. The van der Waals surface area contributed by atoms with Gasteiger partial charge in [-0.25, -0.2) is 4.79 Å². The fourth-order valence-electron chi connectivity index (χ4n) is 2.40. The first-order valence-corrected chi connectivity index (χ1v) is 8.48. The molecule has 1 fully saturated rings. The van der Waals surface area contributed by atoms with Crippen molar-refractivity contribution in [2.24, 2.45) is 5.92 Å². The van der Waals surface area contributed by atoms with Gasteiger partial charge in [-0.2, -0.15) is 0 Å². The highest BCUT2D eigenvalue weighted by Gasteiger charge is 2.30. The third-order valence-corrected chi connectivity index (χ3v) is 3.84. The fourth-order valence-corrected chi connectivity index (χ4v) is 2.40. The van der Waals surface area contributed by atoms with Gasteiger partial charge in [0.15, 0.2) is 11.5 Å². The molecule has 2 rings (SSSR count). The number of aliphatic carboxylic acids is 1. The van der Waals surface area contributed by atoms with E-state index in [0.717, 1.165) is 19.3 Å². The lowest BCUT2D eigenvalue weighted by Gasteiger charge is -2.16. The minimum Gasteiger partial charge on any atom is -0.490 e. The zero-order valence-corrected chi connectivity index (χ0v) is 14.2. The molecule has 0 aromatic heterocycles. The van der Waals surface area contributed by atoms with E-state index in [2.05, 4.69) is 5.32 Å². The van der Waals surface area contributed by atoms with E-state index in [0.29, 0.717) is 42.6 Å². The summed E-state index contributed by atoms with van der Waals surface area (Å²) in [7, 11) is 0. The maximum Gasteiger partial charge on any atom is 0.326 e. The first-order valence-electron chi connectivity index (χ1n) is 8.48. The topological polar surface area (TPSA) is 84.9 Å². The van der Waals surface area contributed by atoms with Gasteiger partial charge in [-0.1, -0.05) is 19.8 Å². The molecule has 1 aliphatic rings. The van der Waals surface area contributed by atoms with Gasteiger partial charge in [0, 0.05) is 5.56 Å². The van der Waals surface area contributed by atoms with Crippen molar-refractivity contribution in [2.45, 2.75) is 45.6 Å². The number of carbonyl (C=O) groups excluding carboxylic acids is 1. The third kappa shape index (κ3) is 5.15. The van der Waals surface area contributed by atoms with Gasteiger partial charge in [-0.15, -0.1) is 0 Å². The molecule has 1 aliphatic carbocycles. The van der Waals surface area contributed by atoms with Gasteiger partial charge in [-0.05, 0) is 43.9 Å². The summed E-state index contributed by atoms with van der Waals surface area (Å²) in [5, 5.41) is 11.9. The van der Waals surface area contributed by atoms with Crippen molar-refractivity contribution in [3.05, 3.63) is 23.8 Å². The highest BCUT2D eigenvalue weighted by molar-refractivity contribution is 5.97. The van der Waals surface area contributed by atoms with E-state index in [-0.39, 0.29) is 0 Å². The molecule has 1 atom stereocenters. The summed E-state index contributed by atoms with van der Waals surface area (Å²) in [5.41, 5.74) is 0.365. The van der Waals surface area contributed by atoms with Crippen LogP contribution in [0.3, 0.4) is 0 Å². The van der Waals surface area contributed by atoms with Crippen LogP contribution in [0.1, 0.15) is 49.9 Å². The number of rotatable bonds is 10. The molecular formula is C18H25NO5. The Kier molecular flexibility index (Phi) is 6.46. The van der Waals surface area contributed by atoms with Crippen molar-refractivity contribution in [3.63, 3.8) is 0 Å². The maximum absolute atomic E-state index is 12.4. The number of ether oxygens (including phenoxy) is 2. The van der Waals surface area contributed by atoms with Crippen molar-refractivity contribution in [3.8, 4) is 11.5 Å². The van der Waals surface area contributed by atoms with Crippen molar-refractivity contribution in [2.75, 3.05) is 13.2 Å². The molecule has 1 aromatic rings. The minimum atomic E-state index is -0.997. The molecule has 0 saturated heterocycles. The van der Waals surface area contributed by atoms with E-state index in [4.69, 9.17) is 9.47 Å². The summed E-state index contributed by atoms with van der Waals surface area (Å²) in [4.78, 5) is 23.7. The lowest BCUT2D eigenvalue weighted by atomic mass is 10.1. The number of benzene rings is 1. The van der Waals surface area contributed by atoms with Gasteiger partial charge in [0.2, 0.25) is 0 Å². The quantitative estimate of drug-likeness (QED) is 0.687. The molecule has 6 nitrogen and oxygen atoms in total. The summed E-state index contributed by atoms with van der Waals surface area (Å²) in [6, 6.07) is 4.06. The Balaban J connectivity index is 2.09. The molecule has 0 spiro atoms. The van der Waals surface area contributed by atoms with Gasteiger partial charge in [0.25, 0.3) is 5.91 Å². The number of hydrogen-bond donors (Lipinski definition) is 2. The smallest absolute Gasteiger partial charge is 0.326 e. The zero-order chi connectivity index (χ0) is 17.5. The summed E-state index contributed by atoms with van der Waals surface area (Å²) >= 11 is 0. The minimum absolute atomic E-state index is 0.365. The molecule has 24 heavy (non-hydrogen) atoms. The van der Waals surface area contributed by atoms with Crippen LogP contribution in [0, 0.1) is 5.92 Å². The molecule has 1 amide bonds. The van der Waals surface area contributed by atoms with Gasteiger partial charge in [0.1, 0.15) is 6.04 Å². The van der Waals surface area contributed by atoms with Crippen LogP contribution in [0.2, 0.25) is 0 Å². The van der Waals surface area contributed by atoms with Crippen LogP contribution in [0.15, 0.2) is 18.2 Å². The SMILES string of the molecule is CCCOc1ccc(C(=O)NC(CC2CC2)C(=O)O)cc1OCC. The van der Waals surface area contributed by atoms with Crippen LogP contribution in [0.5, 0.6) is 11.5 Å². The van der Waals surface area contributed by atoms with Gasteiger partial charge in [0.05, 0.1) is 13.2 Å². The second-order valence-electron chi connectivity index (χ2n) is 5.99. The average molecular weight is 335 g/mol. The maximum atomic E-state index is 12.4. The molecule has 1 unspecified atom stereocenters. The largest absolute Gasteiger partial charge is 0.490 e. The Hall–Kier alpha value is -2.24. The van der Waals surface area contributed by atoms with E-state index in [1.165, 1.54) is 0 Å². The van der Waals surface area contributed by atoms with Gasteiger partial charge >= 0.3 is 5.97 Å². The van der Waals surface area contributed by atoms with E-state index in [9.17, 15) is 14.7 Å². The van der Waals surface area contributed by atoms with Crippen LogP contribution in [0.4, 0.5) is 0 Å². The number of carbonyl (C=O) groups is 2. The van der Waals surface area contributed by atoms with Gasteiger partial charge in [-0.3, -0.25) is 4.79 Å². The molecule has 2 N–H and O–H groups in total. The summed E-state index contributed by atoms with van der Waals surface area (Å²) in [6.45, 7) is 4.88. The Morgan fingerprint density at radius 2 is 2.00 bits per heavy atom. The third-order valence-electron chi connectivity index (χ3n) is 3.84.